The zero-order chi connectivity index (χ0) is 11.8. The van der Waals surface area contributed by atoms with Crippen LogP contribution in [0, 0.1) is 0 Å². The van der Waals surface area contributed by atoms with Crippen LogP contribution in [0.2, 0.25) is 0 Å². The zero-order valence-corrected chi connectivity index (χ0v) is 8.75. The number of benzene rings is 1. The molecule has 4 N–H and O–H groups in total. The summed E-state index contributed by atoms with van der Waals surface area (Å²) in [5, 5.41) is 7.59. The number of rotatable bonds is 1. The second-order valence-corrected chi connectivity index (χ2v) is 3.47. The SMILES string of the molecule is Nc1nnc(-c2ccc3c(c2)OCO3)c(N)n1. The van der Waals surface area contributed by atoms with Gasteiger partial charge in [0, 0.05) is 5.56 Å². The molecule has 0 radical (unpaired) electrons. The first-order valence-electron chi connectivity index (χ1n) is 4.90. The van der Waals surface area contributed by atoms with Gasteiger partial charge in [0.2, 0.25) is 12.7 Å². The molecule has 2 heterocycles. The third-order valence-corrected chi connectivity index (χ3v) is 2.38. The van der Waals surface area contributed by atoms with Gasteiger partial charge in [-0.15, -0.1) is 10.2 Å². The van der Waals surface area contributed by atoms with E-state index in [9.17, 15) is 0 Å². The normalized spacial score (nSPS) is 12.7. The molecule has 0 saturated heterocycles. The van der Waals surface area contributed by atoms with Crippen molar-refractivity contribution < 1.29 is 9.47 Å². The molecule has 2 aromatic rings. The Morgan fingerprint density at radius 2 is 1.88 bits per heavy atom. The monoisotopic (exact) mass is 231 g/mol. The fourth-order valence-electron chi connectivity index (χ4n) is 1.60. The van der Waals surface area contributed by atoms with E-state index in [1.807, 2.05) is 6.07 Å². The van der Waals surface area contributed by atoms with Crippen molar-refractivity contribution in [2.75, 3.05) is 18.3 Å². The predicted octanol–water partition coefficient (Wildman–Crippen LogP) is 0.432. The van der Waals surface area contributed by atoms with Crippen molar-refractivity contribution in [3.05, 3.63) is 18.2 Å². The summed E-state index contributed by atoms with van der Waals surface area (Å²) in [6, 6.07) is 5.38. The number of hydrogen-bond donors (Lipinski definition) is 2. The number of nitrogens with zero attached hydrogens (tertiary/aromatic N) is 3. The molecule has 0 spiro atoms. The number of nitrogens with two attached hydrogens (primary N) is 2. The van der Waals surface area contributed by atoms with Crippen LogP contribution in [0.25, 0.3) is 11.3 Å². The molecule has 1 aromatic carbocycles. The molecule has 86 valence electrons. The summed E-state index contributed by atoms with van der Waals surface area (Å²) in [6.07, 6.45) is 0. The molecule has 0 aliphatic carbocycles. The molecular weight excluding hydrogens is 222 g/mol. The van der Waals surface area contributed by atoms with Gasteiger partial charge in [-0.2, -0.15) is 4.98 Å². The third kappa shape index (κ3) is 1.57. The minimum absolute atomic E-state index is 0.0481. The van der Waals surface area contributed by atoms with Crippen molar-refractivity contribution >= 4 is 11.8 Å². The second-order valence-electron chi connectivity index (χ2n) is 3.47. The van der Waals surface area contributed by atoms with Crippen molar-refractivity contribution in [3.63, 3.8) is 0 Å². The highest BCUT2D eigenvalue weighted by molar-refractivity contribution is 5.72. The third-order valence-electron chi connectivity index (χ3n) is 2.38. The van der Waals surface area contributed by atoms with Gasteiger partial charge in [0.1, 0.15) is 5.69 Å². The van der Waals surface area contributed by atoms with Gasteiger partial charge in [-0.05, 0) is 18.2 Å². The first-order chi connectivity index (χ1) is 8.24. The van der Waals surface area contributed by atoms with Crippen molar-refractivity contribution in [1.82, 2.24) is 15.2 Å². The lowest BCUT2D eigenvalue weighted by Crippen LogP contribution is -2.04. The summed E-state index contributed by atoms with van der Waals surface area (Å²) in [6.45, 7) is 0.222. The smallest absolute Gasteiger partial charge is 0.242 e. The molecule has 0 atom stereocenters. The van der Waals surface area contributed by atoms with Gasteiger partial charge in [-0.3, -0.25) is 0 Å². The highest BCUT2D eigenvalue weighted by Crippen LogP contribution is 2.36. The highest BCUT2D eigenvalue weighted by Gasteiger charge is 2.16. The lowest BCUT2D eigenvalue weighted by molar-refractivity contribution is 0.174. The van der Waals surface area contributed by atoms with Crippen molar-refractivity contribution in [2.45, 2.75) is 0 Å². The van der Waals surface area contributed by atoms with Crippen LogP contribution in [0.1, 0.15) is 0 Å². The van der Waals surface area contributed by atoms with E-state index in [0.717, 1.165) is 5.56 Å². The maximum Gasteiger partial charge on any atom is 0.242 e. The fraction of sp³-hybridized carbons (Fsp3) is 0.100. The number of fused-ring (bicyclic) bond motifs is 1. The largest absolute Gasteiger partial charge is 0.454 e. The minimum atomic E-state index is 0.0481. The predicted molar refractivity (Wildman–Crippen MR) is 60.2 cm³/mol. The van der Waals surface area contributed by atoms with Gasteiger partial charge in [-0.1, -0.05) is 0 Å². The van der Waals surface area contributed by atoms with Crippen LogP contribution in [0.5, 0.6) is 11.5 Å². The maximum atomic E-state index is 5.73. The first kappa shape index (κ1) is 9.64. The number of anilines is 2. The highest BCUT2D eigenvalue weighted by atomic mass is 16.7. The van der Waals surface area contributed by atoms with Crippen molar-refractivity contribution in [2.24, 2.45) is 0 Å². The van der Waals surface area contributed by atoms with Gasteiger partial charge in [0.05, 0.1) is 0 Å². The van der Waals surface area contributed by atoms with Gasteiger partial charge < -0.3 is 20.9 Å². The van der Waals surface area contributed by atoms with E-state index in [4.69, 9.17) is 20.9 Å². The second kappa shape index (κ2) is 3.48. The van der Waals surface area contributed by atoms with E-state index in [1.54, 1.807) is 12.1 Å². The molecule has 7 heteroatoms. The Bertz CT molecular complexity index is 587. The van der Waals surface area contributed by atoms with Gasteiger partial charge in [0.25, 0.3) is 0 Å². The summed E-state index contributed by atoms with van der Waals surface area (Å²) >= 11 is 0. The average Bonchev–Trinajstić information content (AvgIpc) is 2.75. The maximum absolute atomic E-state index is 5.73. The molecule has 1 aliphatic heterocycles. The number of ether oxygens (including phenoxy) is 2. The Morgan fingerprint density at radius 1 is 1.06 bits per heavy atom. The van der Waals surface area contributed by atoms with Gasteiger partial charge in [0.15, 0.2) is 17.3 Å². The number of aromatic nitrogens is 3. The molecule has 0 unspecified atom stereocenters. The Balaban J connectivity index is 2.09. The van der Waals surface area contributed by atoms with Crippen LogP contribution in [0.4, 0.5) is 11.8 Å². The number of hydrogen-bond acceptors (Lipinski definition) is 7. The standard InChI is InChI=1S/C10H9N5O2/c11-9-8(14-15-10(12)13-9)5-1-2-6-7(3-5)17-4-16-6/h1-3H,4H2,(H4,11,12,13,15). The van der Waals surface area contributed by atoms with Crippen LogP contribution in [-0.4, -0.2) is 22.0 Å². The van der Waals surface area contributed by atoms with Crippen LogP contribution < -0.4 is 20.9 Å². The quantitative estimate of drug-likeness (QED) is 0.732. The molecule has 0 amide bonds. The summed E-state index contributed by atoms with van der Waals surface area (Å²) in [5.74, 6) is 1.63. The van der Waals surface area contributed by atoms with E-state index in [1.165, 1.54) is 0 Å². The summed E-state index contributed by atoms with van der Waals surface area (Å²) < 4.78 is 10.5. The molecule has 1 aliphatic rings. The fourth-order valence-corrected chi connectivity index (χ4v) is 1.60. The van der Waals surface area contributed by atoms with Crippen LogP contribution in [0.15, 0.2) is 18.2 Å². The molecule has 0 fully saturated rings. The van der Waals surface area contributed by atoms with E-state index in [2.05, 4.69) is 15.2 Å². The summed E-state index contributed by atoms with van der Waals surface area (Å²) in [5.41, 5.74) is 12.3. The van der Waals surface area contributed by atoms with Gasteiger partial charge >= 0.3 is 0 Å². The lowest BCUT2D eigenvalue weighted by atomic mass is 10.1. The van der Waals surface area contributed by atoms with Crippen LogP contribution in [0.3, 0.4) is 0 Å². The van der Waals surface area contributed by atoms with Crippen LogP contribution in [-0.2, 0) is 0 Å². The average molecular weight is 231 g/mol. The molecule has 0 bridgehead atoms. The topological polar surface area (TPSA) is 109 Å². The van der Waals surface area contributed by atoms with E-state index in [-0.39, 0.29) is 18.6 Å². The van der Waals surface area contributed by atoms with E-state index >= 15 is 0 Å². The van der Waals surface area contributed by atoms with Crippen LogP contribution >= 0.6 is 0 Å². The Morgan fingerprint density at radius 3 is 2.71 bits per heavy atom. The van der Waals surface area contributed by atoms with Crippen molar-refractivity contribution in [1.29, 1.82) is 0 Å². The lowest BCUT2D eigenvalue weighted by Gasteiger charge is -2.04. The van der Waals surface area contributed by atoms with Crippen molar-refractivity contribution in [3.8, 4) is 22.8 Å². The summed E-state index contributed by atoms with van der Waals surface area (Å²) in [4.78, 5) is 3.85. The number of nitrogen functional groups attached to an aromatic ring is 2. The summed E-state index contributed by atoms with van der Waals surface area (Å²) in [7, 11) is 0. The zero-order valence-electron chi connectivity index (χ0n) is 8.75. The van der Waals surface area contributed by atoms with E-state index in [0.29, 0.717) is 17.2 Å². The molecule has 1 aromatic heterocycles. The van der Waals surface area contributed by atoms with Gasteiger partial charge in [-0.25, -0.2) is 0 Å². The molecule has 7 nitrogen and oxygen atoms in total. The Kier molecular flexibility index (Phi) is 1.97. The molecule has 3 rings (SSSR count). The van der Waals surface area contributed by atoms with E-state index < -0.39 is 0 Å². The molecule has 0 saturated carbocycles. The Labute approximate surface area is 96.4 Å². The minimum Gasteiger partial charge on any atom is -0.454 e. The molecule has 17 heavy (non-hydrogen) atoms. The first-order valence-corrected chi connectivity index (χ1v) is 4.90. The molecular formula is C10H9N5O2. The Hall–Kier alpha value is -2.57.